The van der Waals surface area contributed by atoms with E-state index in [9.17, 15) is 4.79 Å². The van der Waals surface area contributed by atoms with Gasteiger partial charge in [0.15, 0.2) is 0 Å². The summed E-state index contributed by atoms with van der Waals surface area (Å²) in [4.78, 5) is 20.8. The number of carbonyl (C=O) groups is 1. The summed E-state index contributed by atoms with van der Waals surface area (Å²) in [6.45, 7) is 2.49. The van der Waals surface area contributed by atoms with Crippen molar-refractivity contribution in [2.45, 2.75) is 25.9 Å². The molecule has 0 saturated carbocycles. The molecule has 3 rings (SSSR count). The number of hydrogen-bond donors (Lipinski definition) is 2. The van der Waals surface area contributed by atoms with Crippen molar-refractivity contribution in [3.8, 4) is 0 Å². The SMILES string of the molecule is Cc1ccc(C[C@H](NC(=O)NCc2cccnc2)c2ccccn2)cc1. The molecule has 0 bridgehead atoms. The van der Waals surface area contributed by atoms with Crippen molar-refractivity contribution in [3.05, 3.63) is 95.6 Å². The van der Waals surface area contributed by atoms with Crippen LogP contribution < -0.4 is 10.6 Å². The van der Waals surface area contributed by atoms with Crippen LogP contribution in [0, 0.1) is 6.92 Å². The molecular formula is C21H22N4O. The highest BCUT2D eigenvalue weighted by Crippen LogP contribution is 2.17. The maximum Gasteiger partial charge on any atom is 0.315 e. The van der Waals surface area contributed by atoms with E-state index in [2.05, 4.69) is 51.8 Å². The highest BCUT2D eigenvalue weighted by molar-refractivity contribution is 5.74. The molecule has 0 saturated heterocycles. The molecule has 1 aromatic carbocycles. The highest BCUT2D eigenvalue weighted by Gasteiger charge is 2.16. The Kier molecular flexibility index (Phi) is 5.93. The number of pyridine rings is 2. The second-order valence-electron chi connectivity index (χ2n) is 6.19. The van der Waals surface area contributed by atoms with E-state index in [4.69, 9.17) is 0 Å². The fourth-order valence-electron chi connectivity index (χ4n) is 2.67. The number of rotatable bonds is 6. The standard InChI is InChI=1S/C21H22N4O/c1-16-7-9-17(10-8-16)13-20(19-6-2-3-12-23-19)25-21(26)24-15-18-5-4-11-22-14-18/h2-12,14,20H,13,15H2,1H3,(H2,24,25,26)/t20-/m0/s1. The monoisotopic (exact) mass is 346 g/mol. The number of aryl methyl sites for hydroxylation is 1. The van der Waals surface area contributed by atoms with Crippen molar-refractivity contribution in [3.63, 3.8) is 0 Å². The zero-order valence-corrected chi connectivity index (χ0v) is 14.7. The number of aromatic nitrogens is 2. The summed E-state index contributed by atoms with van der Waals surface area (Å²) in [6.07, 6.45) is 5.87. The average Bonchev–Trinajstić information content (AvgIpc) is 2.69. The minimum Gasteiger partial charge on any atom is -0.334 e. The van der Waals surface area contributed by atoms with Crippen molar-refractivity contribution >= 4 is 6.03 Å². The van der Waals surface area contributed by atoms with E-state index < -0.39 is 0 Å². The van der Waals surface area contributed by atoms with Gasteiger partial charge in [-0.1, -0.05) is 42.0 Å². The van der Waals surface area contributed by atoms with Gasteiger partial charge in [0.05, 0.1) is 11.7 Å². The molecule has 5 heteroatoms. The van der Waals surface area contributed by atoms with Gasteiger partial charge in [0.25, 0.3) is 0 Å². The lowest BCUT2D eigenvalue weighted by Crippen LogP contribution is -2.38. The Morgan fingerprint density at radius 3 is 2.54 bits per heavy atom. The highest BCUT2D eigenvalue weighted by atomic mass is 16.2. The molecule has 0 fully saturated rings. The molecule has 0 aliphatic carbocycles. The molecule has 132 valence electrons. The van der Waals surface area contributed by atoms with Crippen LogP contribution in [0.1, 0.15) is 28.4 Å². The Labute approximate surface area is 153 Å². The first kappa shape index (κ1) is 17.6. The molecule has 1 atom stereocenters. The first-order chi connectivity index (χ1) is 12.7. The minimum absolute atomic E-state index is 0.201. The number of nitrogens with zero attached hydrogens (tertiary/aromatic N) is 2. The molecule has 0 unspecified atom stereocenters. The van der Waals surface area contributed by atoms with Gasteiger partial charge in [-0.25, -0.2) is 4.79 Å². The number of nitrogens with one attached hydrogen (secondary N) is 2. The van der Waals surface area contributed by atoms with E-state index in [1.807, 2.05) is 30.3 Å². The van der Waals surface area contributed by atoms with E-state index in [-0.39, 0.29) is 12.1 Å². The van der Waals surface area contributed by atoms with Crippen LogP contribution >= 0.6 is 0 Å². The third-order valence-electron chi connectivity index (χ3n) is 4.09. The number of carbonyl (C=O) groups excluding carboxylic acids is 1. The predicted molar refractivity (Wildman–Crippen MR) is 101 cm³/mol. The lowest BCUT2D eigenvalue weighted by Gasteiger charge is -2.19. The van der Waals surface area contributed by atoms with Crippen LogP contribution in [0.25, 0.3) is 0 Å². The Balaban J connectivity index is 1.67. The predicted octanol–water partition coefficient (Wildman–Crippen LogP) is 3.57. The molecule has 0 aliphatic heterocycles. The average molecular weight is 346 g/mol. The van der Waals surface area contributed by atoms with Crippen LogP contribution in [0.4, 0.5) is 4.79 Å². The molecule has 2 amide bonds. The van der Waals surface area contributed by atoms with E-state index in [1.165, 1.54) is 5.56 Å². The number of benzene rings is 1. The molecule has 0 radical (unpaired) electrons. The smallest absolute Gasteiger partial charge is 0.315 e. The molecule has 0 spiro atoms. The van der Waals surface area contributed by atoms with Gasteiger partial charge in [-0.3, -0.25) is 9.97 Å². The molecule has 2 aromatic heterocycles. The zero-order chi connectivity index (χ0) is 18.2. The molecule has 2 heterocycles. The lowest BCUT2D eigenvalue weighted by molar-refractivity contribution is 0.236. The van der Waals surface area contributed by atoms with Crippen LogP contribution in [0.5, 0.6) is 0 Å². The molecule has 2 N–H and O–H groups in total. The lowest BCUT2D eigenvalue weighted by atomic mass is 10.0. The first-order valence-electron chi connectivity index (χ1n) is 8.60. The Morgan fingerprint density at radius 1 is 1.00 bits per heavy atom. The Bertz CT molecular complexity index is 820. The summed E-state index contributed by atoms with van der Waals surface area (Å²) in [5.74, 6) is 0. The summed E-state index contributed by atoms with van der Waals surface area (Å²) < 4.78 is 0. The van der Waals surface area contributed by atoms with Gasteiger partial charge in [-0.2, -0.15) is 0 Å². The van der Waals surface area contributed by atoms with Crippen molar-refractivity contribution in [1.29, 1.82) is 0 Å². The number of amides is 2. The van der Waals surface area contributed by atoms with Crippen LogP contribution in [0.15, 0.2) is 73.2 Å². The van der Waals surface area contributed by atoms with Gasteiger partial charge in [-0.15, -0.1) is 0 Å². The van der Waals surface area contributed by atoms with Gasteiger partial charge in [-0.05, 0) is 42.7 Å². The van der Waals surface area contributed by atoms with Gasteiger partial charge >= 0.3 is 6.03 Å². The quantitative estimate of drug-likeness (QED) is 0.717. The molecule has 3 aromatic rings. The van der Waals surface area contributed by atoms with E-state index in [1.54, 1.807) is 18.6 Å². The maximum atomic E-state index is 12.4. The second kappa shape index (κ2) is 8.76. The third-order valence-corrected chi connectivity index (χ3v) is 4.09. The Hall–Kier alpha value is -3.21. The van der Waals surface area contributed by atoms with Gasteiger partial charge in [0.1, 0.15) is 0 Å². The van der Waals surface area contributed by atoms with Crippen LogP contribution in [0.2, 0.25) is 0 Å². The van der Waals surface area contributed by atoms with Gasteiger partial charge < -0.3 is 10.6 Å². The molecular weight excluding hydrogens is 324 g/mol. The van der Waals surface area contributed by atoms with Crippen molar-refractivity contribution < 1.29 is 4.79 Å². The van der Waals surface area contributed by atoms with E-state index in [0.29, 0.717) is 13.0 Å². The van der Waals surface area contributed by atoms with Crippen molar-refractivity contribution in [2.75, 3.05) is 0 Å². The van der Waals surface area contributed by atoms with Crippen molar-refractivity contribution in [2.24, 2.45) is 0 Å². The summed E-state index contributed by atoms with van der Waals surface area (Å²) in [7, 11) is 0. The normalized spacial score (nSPS) is 11.6. The van der Waals surface area contributed by atoms with Gasteiger partial charge in [0, 0.05) is 25.1 Å². The topological polar surface area (TPSA) is 66.9 Å². The van der Waals surface area contributed by atoms with Crippen LogP contribution in [-0.4, -0.2) is 16.0 Å². The molecule has 5 nitrogen and oxygen atoms in total. The maximum absolute atomic E-state index is 12.4. The third kappa shape index (κ3) is 5.14. The second-order valence-corrected chi connectivity index (χ2v) is 6.19. The van der Waals surface area contributed by atoms with Crippen molar-refractivity contribution in [1.82, 2.24) is 20.6 Å². The van der Waals surface area contributed by atoms with Crippen LogP contribution in [-0.2, 0) is 13.0 Å². The zero-order valence-electron chi connectivity index (χ0n) is 14.7. The number of urea groups is 1. The summed E-state index contributed by atoms with van der Waals surface area (Å²) in [5, 5.41) is 5.91. The van der Waals surface area contributed by atoms with Gasteiger partial charge in [0.2, 0.25) is 0 Å². The summed E-state index contributed by atoms with van der Waals surface area (Å²) >= 11 is 0. The van der Waals surface area contributed by atoms with E-state index in [0.717, 1.165) is 16.8 Å². The van der Waals surface area contributed by atoms with E-state index >= 15 is 0 Å². The fraction of sp³-hybridized carbons (Fsp3) is 0.190. The molecule has 26 heavy (non-hydrogen) atoms. The largest absolute Gasteiger partial charge is 0.334 e. The number of hydrogen-bond acceptors (Lipinski definition) is 3. The molecule has 0 aliphatic rings. The minimum atomic E-state index is -0.225. The fourth-order valence-corrected chi connectivity index (χ4v) is 2.67. The van der Waals surface area contributed by atoms with Crippen LogP contribution in [0.3, 0.4) is 0 Å². The Morgan fingerprint density at radius 2 is 1.85 bits per heavy atom. The first-order valence-corrected chi connectivity index (χ1v) is 8.60. The summed E-state index contributed by atoms with van der Waals surface area (Å²) in [6, 6.07) is 17.4. The summed E-state index contributed by atoms with van der Waals surface area (Å²) in [5.41, 5.74) is 4.16.